The fourth-order valence-corrected chi connectivity index (χ4v) is 2.95. The Morgan fingerprint density at radius 2 is 2.21 bits per heavy atom. The Morgan fingerprint density at radius 3 is 2.79 bits per heavy atom. The van der Waals surface area contributed by atoms with Gasteiger partial charge in [0.2, 0.25) is 5.91 Å². The van der Waals surface area contributed by atoms with Crippen molar-refractivity contribution in [1.29, 1.82) is 0 Å². The number of carbonyl (C=O) groups excluding carboxylic acids is 1. The number of likely N-dealkylation sites (tertiary alicyclic amines) is 1. The van der Waals surface area contributed by atoms with Gasteiger partial charge in [-0.15, -0.1) is 0 Å². The summed E-state index contributed by atoms with van der Waals surface area (Å²) in [6.07, 6.45) is 0.785. The highest BCUT2D eigenvalue weighted by Gasteiger charge is 2.30. The van der Waals surface area contributed by atoms with E-state index in [2.05, 4.69) is 15.9 Å². The number of rotatable bonds is 3. The molecule has 19 heavy (non-hydrogen) atoms. The Labute approximate surface area is 124 Å². The third kappa shape index (κ3) is 3.48. The van der Waals surface area contributed by atoms with E-state index in [0.29, 0.717) is 24.5 Å². The summed E-state index contributed by atoms with van der Waals surface area (Å²) in [5.41, 5.74) is 0.855. The van der Waals surface area contributed by atoms with Gasteiger partial charge >= 0.3 is 5.97 Å². The molecule has 1 saturated heterocycles. The molecule has 1 aliphatic heterocycles. The zero-order chi connectivity index (χ0) is 14.0. The molecular weight excluding hydrogens is 334 g/mol. The van der Waals surface area contributed by atoms with E-state index in [1.165, 1.54) is 0 Å². The Morgan fingerprint density at radius 1 is 1.47 bits per heavy atom. The summed E-state index contributed by atoms with van der Waals surface area (Å²) in [4.78, 5) is 24.6. The van der Waals surface area contributed by atoms with E-state index in [1.54, 1.807) is 23.1 Å². The molecule has 1 atom stereocenters. The van der Waals surface area contributed by atoms with Gasteiger partial charge in [0.15, 0.2) is 0 Å². The Kier molecular flexibility index (Phi) is 4.47. The number of amides is 1. The largest absolute Gasteiger partial charge is 0.481 e. The molecule has 1 aromatic carbocycles. The quantitative estimate of drug-likeness (QED) is 0.915. The molecule has 2 rings (SSSR count). The number of benzene rings is 1. The molecule has 1 aliphatic rings. The first-order valence-electron chi connectivity index (χ1n) is 5.92. The van der Waals surface area contributed by atoms with Gasteiger partial charge in [0, 0.05) is 22.6 Å². The van der Waals surface area contributed by atoms with Crippen LogP contribution in [0, 0.1) is 5.92 Å². The van der Waals surface area contributed by atoms with Crippen LogP contribution >= 0.6 is 27.5 Å². The minimum atomic E-state index is -0.831. The van der Waals surface area contributed by atoms with Crippen LogP contribution in [0.25, 0.3) is 0 Å². The molecule has 1 unspecified atom stereocenters. The van der Waals surface area contributed by atoms with Crippen molar-refractivity contribution in [2.45, 2.75) is 12.8 Å². The molecule has 4 nitrogen and oxygen atoms in total. The minimum Gasteiger partial charge on any atom is -0.481 e. The molecule has 6 heteroatoms. The lowest BCUT2D eigenvalue weighted by Crippen LogP contribution is -2.31. The summed E-state index contributed by atoms with van der Waals surface area (Å²) in [5.74, 6) is -1.31. The highest BCUT2D eigenvalue weighted by atomic mass is 79.9. The van der Waals surface area contributed by atoms with Gasteiger partial charge in [-0.05, 0) is 24.1 Å². The van der Waals surface area contributed by atoms with Crippen LogP contribution in [0.2, 0.25) is 5.02 Å². The second-order valence-corrected chi connectivity index (χ2v) is 5.87. The fourth-order valence-electron chi connectivity index (χ4n) is 2.13. The summed E-state index contributed by atoms with van der Waals surface area (Å²) >= 11 is 9.21. The second-order valence-electron chi connectivity index (χ2n) is 4.58. The van der Waals surface area contributed by atoms with Crippen LogP contribution in [0.3, 0.4) is 0 Å². The smallest absolute Gasteiger partial charge is 0.308 e. The number of aliphatic carboxylic acids is 1. The number of nitrogens with zero attached hydrogens (tertiary/aromatic N) is 1. The van der Waals surface area contributed by atoms with Gasteiger partial charge in [0.1, 0.15) is 0 Å². The molecule has 0 bridgehead atoms. The first-order valence-corrected chi connectivity index (χ1v) is 7.09. The highest BCUT2D eigenvalue weighted by Crippen LogP contribution is 2.23. The van der Waals surface area contributed by atoms with Crippen LogP contribution in [-0.4, -0.2) is 35.0 Å². The molecule has 0 saturated carbocycles. The van der Waals surface area contributed by atoms with Gasteiger partial charge in [0.05, 0.1) is 12.3 Å². The third-order valence-electron chi connectivity index (χ3n) is 3.25. The topological polar surface area (TPSA) is 57.6 Å². The van der Waals surface area contributed by atoms with E-state index in [1.807, 2.05) is 0 Å². The maximum absolute atomic E-state index is 12.1. The Bertz CT molecular complexity index is 521. The van der Waals surface area contributed by atoms with E-state index < -0.39 is 11.9 Å². The highest BCUT2D eigenvalue weighted by molar-refractivity contribution is 9.10. The number of hydrogen-bond acceptors (Lipinski definition) is 2. The third-order valence-corrected chi connectivity index (χ3v) is 4.22. The molecule has 0 aromatic heterocycles. The van der Waals surface area contributed by atoms with Gasteiger partial charge in [-0.2, -0.15) is 0 Å². The van der Waals surface area contributed by atoms with E-state index in [4.69, 9.17) is 16.7 Å². The maximum atomic E-state index is 12.1. The average Bonchev–Trinajstić information content (AvgIpc) is 2.82. The van der Waals surface area contributed by atoms with Crippen molar-refractivity contribution in [3.05, 3.63) is 33.3 Å². The van der Waals surface area contributed by atoms with Crippen molar-refractivity contribution in [1.82, 2.24) is 4.90 Å². The molecular formula is C13H13BrClNO3. The predicted octanol–water partition coefficient (Wildman–Crippen LogP) is 2.58. The zero-order valence-corrected chi connectivity index (χ0v) is 12.4. The van der Waals surface area contributed by atoms with Gasteiger partial charge in [-0.1, -0.05) is 33.6 Å². The van der Waals surface area contributed by atoms with Gasteiger partial charge in [0.25, 0.3) is 0 Å². The lowest BCUT2D eigenvalue weighted by molar-refractivity contribution is -0.141. The number of hydrogen-bond donors (Lipinski definition) is 1. The average molecular weight is 347 g/mol. The molecule has 0 radical (unpaired) electrons. The van der Waals surface area contributed by atoms with Crippen molar-refractivity contribution in [2.75, 3.05) is 13.1 Å². The predicted molar refractivity (Wildman–Crippen MR) is 75.2 cm³/mol. The molecule has 1 amide bonds. The molecule has 102 valence electrons. The number of carbonyl (C=O) groups is 2. The van der Waals surface area contributed by atoms with Crippen LogP contribution in [0.15, 0.2) is 22.7 Å². The van der Waals surface area contributed by atoms with Crippen LogP contribution in [-0.2, 0) is 16.0 Å². The van der Waals surface area contributed by atoms with Crippen LogP contribution in [0.1, 0.15) is 12.0 Å². The van der Waals surface area contributed by atoms with Crippen molar-refractivity contribution < 1.29 is 14.7 Å². The lowest BCUT2D eigenvalue weighted by Gasteiger charge is -2.16. The van der Waals surface area contributed by atoms with E-state index in [-0.39, 0.29) is 12.3 Å². The van der Waals surface area contributed by atoms with Crippen LogP contribution in [0.4, 0.5) is 0 Å². The SMILES string of the molecule is O=C(O)C1CCN(C(=O)Cc2ccc(Cl)cc2Br)C1. The van der Waals surface area contributed by atoms with E-state index >= 15 is 0 Å². The minimum absolute atomic E-state index is 0.0493. The molecule has 1 N–H and O–H groups in total. The summed E-state index contributed by atoms with van der Waals surface area (Å²) in [7, 11) is 0. The lowest BCUT2D eigenvalue weighted by atomic mass is 10.1. The van der Waals surface area contributed by atoms with E-state index in [0.717, 1.165) is 10.0 Å². The van der Waals surface area contributed by atoms with Gasteiger partial charge in [-0.3, -0.25) is 9.59 Å². The van der Waals surface area contributed by atoms with Crippen molar-refractivity contribution in [3.8, 4) is 0 Å². The first-order chi connectivity index (χ1) is 8.97. The monoisotopic (exact) mass is 345 g/mol. The molecule has 1 aromatic rings. The molecule has 0 aliphatic carbocycles. The molecule has 1 fully saturated rings. The number of halogens is 2. The van der Waals surface area contributed by atoms with Crippen LogP contribution < -0.4 is 0 Å². The summed E-state index contributed by atoms with van der Waals surface area (Å²) in [5, 5.41) is 9.52. The number of carboxylic acids is 1. The molecule has 0 spiro atoms. The summed E-state index contributed by atoms with van der Waals surface area (Å²) in [6, 6.07) is 5.28. The number of carboxylic acid groups (broad SMARTS) is 1. The Balaban J connectivity index is 2.00. The fraction of sp³-hybridized carbons (Fsp3) is 0.385. The van der Waals surface area contributed by atoms with Crippen molar-refractivity contribution in [2.24, 2.45) is 5.92 Å². The molecule has 1 heterocycles. The van der Waals surface area contributed by atoms with E-state index in [9.17, 15) is 9.59 Å². The second kappa shape index (κ2) is 5.92. The van der Waals surface area contributed by atoms with Crippen LogP contribution in [0.5, 0.6) is 0 Å². The van der Waals surface area contributed by atoms with Crippen molar-refractivity contribution in [3.63, 3.8) is 0 Å². The van der Waals surface area contributed by atoms with Gasteiger partial charge < -0.3 is 10.0 Å². The zero-order valence-electron chi connectivity index (χ0n) is 10.1. The first kappa shape index (κ1) is 14.3. The Hall–Kier alpha value is -1.07. The maximum Gasteiger partial charge on any atom is 0.308 e. The van der Waals surface area contributed by atoms with Crippen molar-refractivity contribution >= 4 is 39.4 Å². The summed E-state index contributed by atoms with van der Waals surface area (Å²) in [6.45, 7) is 0.820. The normalized spacial score (nSPS) is 18.6. The standard InChI is InChI=1S/C13H13BrClNO3/c14-11-6-10(15)2-1-8(11)5-12(17)16-4-3-9(7-16)13(18)19/h1-2,6,9H,3-5,7H2,(H,18,19). The van der Waals surface area contributed by atoms with Gasteiger partial charge in [-0.25, -0.2) is 0 Å². The summed E-state index contributed by atoms with van der Waals surface area (Å²) < 4.78 is 0.794.